The molecule has 1 aromatic rings. The number of aliphatic hydroxyl groups is 4. The number of amides is 2. The molecule has 12 nitrogen and oxygen atoms in total. The molecule has 1 fully saturated rings. The Morgan fingerprint density at radius 2 is 1.81 bits per heavy atom. The predicted octanol–water partition coefficient (Wildman–Crippen LogP) is -0.675. The average Bonchev–Trinajstić information content (AvgIpc) is 2.82. The average molecular weight is 501 g/mol. The van der Waals surface area contributed by atoms with Crippen molar-refractivity contribution in [3.8, 4) is 5.75 Å². The number of anilines is 1. The molecule has 0 spiro atoms. The number of likely N-dealkylation sites (N-methyl/N-ethyl adjacent to an activating group) is 2. The van der Waals surface area contributed by atoms with Crippen molar-refractivity contribution in [3.63, 3.8) is 0 Å². The molecular formula is C24H27N3O9. The largest absolute Gasteiger partial charge is 0.508 e. The van der Waals surface area contributed by atoms with E-state index in [-0.39, 0.29) is 11.3 Å². The van der Waals surface area contributed by atoms with Crippen molar-refractivity contribution >= 4 is 35.3 Å². The first-order valence-corrected chi connectivity index (χ1v) is 11.2. The molecule has 4 rings (SSSR count). The first kappa shape index (κ1) is 25.4. The van der Waals surface area contributed by atoms with Crippen molar-refractivity contribution in [1.29, 1.82) is 0 Å². The van der Waals surface area contributed by atoms with Gasteiger partial charge in [0.2, 0.25) is 12.2 Å². The number of aromatic hydroxyl groups is 1. The van der Waals surface area contributed by atoms with E-state index in [2.05, 4.69) is 10.6 Å². The summed E-state index contributed by atoms with van der Waals surface area (Å²) in [6.45, 7) is 1.63. The van der Waals surface area contributed by atoms with Crippen molar-refractivity contribution in [2.45, 2.75) is 30.6 Å². The molecule has 0 bridgehead atoms. The first-order chi connectivity index (χ1) is 16.9. The zero-order valence-electron chi connectivity index (χ0n) is 19.9. The number of phenolic OH excluding ortho intramolecular Hbond substituents is 1. The van der Waals surface area contributed by atoms with Gasteiger partial charge in [0.05, 0.1) is 29.3 Å². The molecule has 12 heteroatoms. The lowest BCUT2D eigenvalue weighted by molar-refractivity contribution is -0.169. The third-order valence-electron chi connectivity index (χ3n) is 7.55. The summed E-state index contributed by atoms with van der Waals surface area (Å²) >= 11 is 0. The normalized spacial score (nSPS) is 31.6. The highest BCUT2D eigenvalue weighted by Gasteiger charge is 2.68. The summed E-state index contributed by atoms with van der Waals surface area (Å²) < 4.78 is 0. The molecule has 7 N–H and O–H groups in total. The minimum Gasteiger partial charge on any atom is -0.508 e. The maximum Gasteiger partial charge on any atom is 0.258 e. The van der Waals surface area contributed by atoms with Gasteiger partial charge in [0.1, 0.15) is 22.8 Å². The minimum absolute atomic E-state index is 0.0532. The smallest absolute Gasteiger partial charge is 0.258 e. The fraction of sp³-hybridized carbons (Fsp3) is 0.417. The van der Waals surface area contributed by atoms with Gasteiger partial charge >= 0.3 is 0 Å². The summed E-state index contributed by atoms with van der Waals surface area (Å²) in [4.78, 5) is 51.9. The van der Waals surface area contributed by atoms with E-state index >= 15 is 0 Å². The van der Waals surface area contributed by atoms with Gasteiger partial charge in [0, 0.05) is 18.5 Å². The topological polar surface area (TPSA) is 197 Å². The van der Waals surface area contributed by atoms with Crippen molar-refractivity contribution in [1.82, 2.24) is 10.2 Å². The summed E-state index contributed by atoms with van der Waals surface area (Å²) in [5, 5.41) is 60.6. The Morgan fingerprint density at radius 1 is 1.17 bits per heavy atom. The number of nitrogens with zero attached hydrogens (tertiary/aromatic N) is 1. The highest BCUT2D eigenvalue weighted by molar-refractivity contribution is 6.25. The lowest BCUT2D eigenvalue weighted by atomic mass is 9.54. The minimum atomic E-state index is -2.94. The van der Waals surface area contributed by atoms with Crippen molar-refractivity contribution < 1.29 is 44.7 Å². The standard InChI is InChI=1S/C24H27N3O9/c1-8-9-5-6-10(26-7-28)17(29)12(9)18(30)13-11(8)19(31)15-16(27(3)4)20(32)14(23(35)25-2)22(34)24(15,36)21(13)33/h5-8,11,15-16,19,29-31,34,36H,1-4H3,(H,25,35)(H,26,28)/t8-,11+,15+,16-,19-,24-/m0/s1. The number of hydrogen-bond acceptors (Lipinski definition) is 10. The summed E-state index contributed by atoms with van der Waals surface area (Å²) in [6, 6.07) is 1.52. The molecule has 0 aliphatic heterocycles. The van der Waals surface area contributed by atoms with Crippen LogP contribution in [0.5, 0.6) is 5.75 Å². The number of aliphatic hydroxyl groups excluding tert-OH is 3. The Morgan fingerprint density at radius 3 is 2.36 bits per heavy atom. The molecule has 1 aromatic carbocycles. The summed E-state index contributed by atoms with van der Waals surface area (Å²) in [6.07, 6.45) is -1.33. The molecule has 36 heavy (non-hydrogen) atoms. The van der Waals surface area contributed by atoms with Gasteiger partial charge in [-0.3, -0.25) is 24.1 Å². The molecule has 0 saturated heterocycles. The second kappa shape index (κ2) is 8.43. The summed E-state index contributed by atoms with van der Waals surface area (Å²) in [5.74, 6) is -9.11. The molecule has 3 aliphatic rings. The van der Waals surface area contributed by atoms with Crippen LogP contribution >= 0.6 is 0 Å². The number of hydrogen-bond donors (Lipinski definition) is 7. The number of Topliss-reactive ketones (excluding diaryl/α,β-unsaturated/α-hetero) is 2. The third kappa shape index (κ3) is 3.04. The van der Waals surface area contributed by atoms with E-state index in [1.165, 1.54) is 38.2 Å². The van der Waals surface area contributed by atoms with Gasteiger partial charge in [0.25, 0.3) is 5.91 Å². The fourth-order valence-corrected chi connectivity index (χ4v) is 5.90. The molecule has 6 atom stereocenters. The van der Waals surface area contributed by atoms with Crippen LogP contribution in [-0.2, 0) is 19.2 Å². The van der Waals surface area contributed by atoms with Crippen LogP contribution in [0.2, 0.25) is 0 Å². The lowest BCUT2D eigenvalue weighted by Crippen LogP contribution is -2.70. The molecule has 0 heterocycles. The number of phenols is 1. The van der Waals surface area contributed by atoms with Crippen LogP contribution in [0.4, 0.5) is 5.69 Å². The molecule has 0 aromatic heterocycles. The predicted molar refractivity (Wildman–Crippen MR) is 125 cm³/mol. The van der Waals surface area contributed by atoms with Gasteiger partial charge in [-0.25, -0.2) is 0 Å². The van der Waals surface area contributed by atoms with Crippen LogP contribution in [0.3, 0.4) is 0 Å². The summed E-state index contributed by atoms with van der Waals surface area (Å²) in [5.41, 5.74) is -4.14. The van der Waals surface area contributed by atoms with E-state index in [0.717, 1.165) is 0 Å². The number of benzene rings is 1. The monoisotopic (exact) mass is 501 g/mol. The van der Waals surface area contributed by atoms with Gasteiger partial charge in [-0.1, -0.05) is 13.0 Å². The number of nitrogens with one attached hydrogen (secondary N) is 2. The number of carbonyl (C=O) groups excluding carboxylic acids is 4. The van der Waals surface area contributed by atoms with Crippen LogP contribution in [-0.4, -0.2) is 93.2 Å². The maximum atomic E-state index is 13.9. The second-order valence-corrected chi connectivity index (χ2v) is 9.45. The second-order valence-electron chi connectivity index (χ2n) is 9.45. The van der Waals surface area contributed by atoms with E-state index in [4.69, 9.17) is 0 Å². The highest BCUT2D eigenvalue weighted by Crippen LogP contribution is 2.56. The van der Waals surface area contributed by atoms with Crippen molar-refractivity contribution in [2.24, 2.45) is 11.8 Å². The molecular weight excluding hydrogens is 474 g/mol. The Labute approximate surface area is 205 Å². The van der Waals surface area contributed by atoms with Gasteiger partial charge in [-0.15, -0.1) is 0 Å². The van der Waals surface area contributed by atoms with Crippen LogP contribution in [0.1, 0.15) is 24.0 Å². The van der Waals surface area contributed by atoms with E-state index in [1.807, 2.05) is 0 Å². The molecule has 2 amide bonds. The van der Waals surface area contributed by atoms with E-state index < -0.39 is 81.4 Å². The number of carbonyl (C=O) groups is 4. The zero-order chi connectivity index (χ0) is 26.9. The SMILES string of the molecule is CNC(=O)C1=C(O)[C@@]2(O)C(=O)C3=C(O)c4c(ccc(NC=O)c4O)[C@H](C)[C@H]3[C@H](O)[C@H]2[C@H](N(C)C)C1=O. The fourth-order valence-electron chi connectivity index (χ4n) is 5.90. The molecule has 0 radical (unpaired) electrons. The number of ketones is 2. The van der Waals surface area contributed by atoms with Crippen LogP contribution in [0.25, 0.3) is 5.76 Å². The molecule has 0 unspecified atom stereocenters. The van der Waals surface area contributed by atoms with Crippen LogP contribution in [0.15, 0.2) is 29.0 Å². The quantitative estimate of drug-likeness (QED) is 0.158. The molecule has 1 saturated carbocycles. The maximum absolute atomic E-state index is 13.9. The molecule has 192 valence electrons. The Balaban J connectivity index is 2.05. The third-order valence-corrected chi connectivity index (χ3v) is 7.55. The van der Waals surface area contributed by atoms with Gasteiger partial charge in [-0.05, 0) is 31.6 Å². The van der Waals surface area contributed by atoms with E-state index in [0.29, 0.717) is 12.0 Å². The van der Waals surface area contributed by atoms with Crippen molar-refractivity contribution in [2.75, 3.05) is 26.5 Å². The highest BCUT2D eigenvalue weighted by atomic mass is 16.4. The van der Waals surface area contributed by atoms with Gasteiger partial charge < -0.3 is 36.2 Å². The Hall–Kier alpha value is -3.74. The first-order valence-electron chi connectivity index (χ1n) is 11.2. The van der Waals surface area contributed by atoms with Gasteiger partial charge in [-0.2, -0.15) is 0 Å². The van der Waals surface area contributed by atoms with E-state index in [1.54, 1.807) is 6.92 Å². The zero-order valence-corrected chi connectivity index (χ0v) is 19.9. The van der Waals surface area contributed by atoms with E-state index in [9.17, 15) is 44.7 Å². The summed E-state index contributed by atoms with van der Waals surface area (Å²) in [7, 11) is 4.13. The number of fused-ring (bicyclic) bond motifs is 3. The Kier molecular flexibility index (Phi) is 5.94. The van der Waals surface area contributed by atoms with Crippen LogP contribution in [0, 0.1) is 11.8 Å². The Bertz CT molecular complexity index is 1270. The van der Waals surface area contributed by atoms with Crippen LogP contribution < -0.4 is 10.6 Å². The number of rotatable bonds is 4. The molecule has 3 aliphatic carbocycles. The van der Waals surface area contributed by atoms with Gasteiger partial charge in [0.15, 0.2) is 11.4 Å². The van der Waals surface area contributed by atoms with Crippen molar-refractivity contribution in [3.05, 3.63) is 40.2 Å². The lowest BCUT2D eigenvalue weighted by Gasteiger charge is -2.53.